The van der Waals surface area contributed by atoms with Crippen molar-refractivity contribution < 1.29 is 9.59 Å². The summed E-state index contributed by atoms with van der Waals surface area (Å²) in [7, 11) is 0. The van der Waals surface area contributed by atoms with Crippen LogP contribution in [-0.2, 0) is 11.3 Å². The molecule has 1 aliphatic heterocycles. The highest BCUT2D eigenvalue weighted by Gasteiger charge is 2.32. The topological polar surface area (TPSA) is 75.2 Å². The Morgan fingerprint density at radius 1 is 1.15 bits per heavy atom. The number of aromatic nitrogens is 2. The third-order valence-electron chi connectivity index (χ3n) is 5.27. The lowest BCUT2D eigenvalue weighted by molar-refractivity contribution is -0.123. The normalized spacial score (nSPS) is 19.5. The number of piperidine rings is 1. The zero-order valence-corrected chi connectivity index (χ0v) is 15.7. The summed E-state index contributed by atoms with van der Waals surface area (Å²) in [6, 6.07) is 7.40. The standard InChI is InChI=1S/C21H26N4O2/c1-2-17-15-25(21(27)19-6-4-9-23-14-19)10-7-18(17)11-20(26)24-13-16-5-3-8-22-12-16/h3-6,8-9,12,14,17-18H,2,7,10-11,13,15H2,1H3,(H,24,26). The second-order valence-corrected chi connectivity index (χ2v) is 7.05. The number of nitrogens with zero attached hydrogens (tertiary/aromatic N) is 3. The maximum Gasteiger partial charge on any atom is 0.255 e. The van der Waals surface area contributed by atoms with E-state index in [0.29, 0.717) is 43.5 Å². The second-order valence-electron chi connectivity index (χ2n) is 7.05. The third kappa shape index (κ3) is 5.12. The Morgan fingerprint density at radius 2 is 1.93 bits per heavy atom. The number of pyridine rings is 2. The average Bonchev–Trinajstić information content (AvgIpc) is 2.73. The van der Waals surface area contributed by atoms with Crippen molar-refractivity contribution >= 4 is 11.8 Å². The van der Waals surface area contributed by atoms with Gasteiger partial charge in [0.15, 0.2) is 0 Å². The van der Waals surface area contributed by atoms with Gasteiger partial charge in [-0.2, -0.15) is 0 Å². The Kier molecular flexibility index (Phi) is 6.52. The monoisotopic (exact) mass is 366 g/mol. The van der Waals surface area contributed by atoms with Crippen LogP contribution in [0.2, 0.25) is 0 Å². The quantitative estimate of drug-likeness (QED) is 0.853. The molecule has 1 saturated heterocycles. The molecule has 0 radical (unpaired) electrons. The van der Waals surface area contributed by atoms with Gasteiger partial charge in [0, 0.05) is 50.8 Å². The minimum atomic E-state index is 0.0287. The molecule has 6 heteroatoms. The SMILES string of the molecule is CCC1CN(C(=O)c2cccnc2)CCC1CC(=O)NCc1cccnc1. The minimum Gasteiger partial charge on any atom is -0.352 e. The fraction of sp³-hybridized carbons (Fsp3) is 0.429. The van der Waals surface area contributed by atoms with Crippen molar-refractivity contribution in [2.75, 3.05) is 13.1 Å². The molecule has 1 aliphatic rings. The molecule has 3 heterocycles. The smallest absolute Gasteiger partial charge is 0.255 e. The van der Waals surface area contributed by atoms with Gasteiger partial charge in [-0.3, -0.25) is 19.6 Å². The molecule has 6 nitrogen and oxygen atoms in total. The Bertz CT molecular complexity index is 751. The van der Waals surface area contributed by atoms with Crippen molar-refractivity contribution in [3.05, 3.63) is 60.2 Å². The molecular weight excluding hydrogens is 340 g/mol. The number of nitrogens with one attached hydrogen (secondary N) is 1. The molecule has 142 valence electrons. The predicted octanol–water partition coefficient (Wildman–Crippen LogP) is 2.67. The van der Waals surface area contributed by atoms with Crippen LogP contribution in [0.3, 0.4) is 0 Å². The van der Waals surface area contributed by atoms with Gasteiger partial charge < -0.3 is 10.2 Å². The van der Waals surface area contributed by atoms with Crippen LogP contribution in [0.4, 0.5) is 0 Å². The van der Waals surface area contributed by atoms with Crippen molar-refractivity contribution in [3.8, 4) is 0 Å². The van der Waals surface area contributed by atoms with Gasteiger partial charge in [-0.25, -0.2) is 0 Å². The summed E-state index contributed by atoms with van der Waals surface area (Å²) in [6.07, 6.45) is 9.08. The predicted molar refractivity (Wildman–Crippen MR) is 103 cm³/mol. The van der Waals surface area contributed by atoms with E-state index in [0.717, 1.165) is 18.4 Å². The molecule has 2 atom stereocenters. The molecule has 1 N–H and O–H groups in total. The number of hydrogen-bond donors (Lipinski definition) is 1. The molecule has 3 rings (SSSR count). The molecular formula is C21H26N4O2. The molecule has 0 aliphatic carbocycles. The van der Waals surface area contributed by atoms with Crippen molar-refractivity contribution in [2.45, 2.75) is 32.7 Å². The van der Waals surface area contributed by atoms with Crippen LogP contribution in [0.25, 0.3) is 0 Å². The fourth-order valence-electron chi connectivity index (χ4n) is 3.68. The van der Waals surface area contributed by atoms with Gasteiger partial charge in [0.2, 0.25) is 5.91 Å². The van der Waals surface area contributed by atoms with Crippen LogP contribution in [0, 0.1) is 11.8 Å². The minimum absolute atomic E-state index is 0.0287. The number of hydrogen-bond acceptors (Lipinski definition) is 4. The van der Waals surface area contributed by atoms with E-state index in [-0.39, 0.29) is 11.8 Å². The summed E-state index contributed by atoms with van der Waals surface area (Å²) < 4.78 is 0. The Hall–Kier alpha value is -2.76. The van der Waals surface area contributed by atoms with Gasteiger partial charge in [0.1, 0.15) is 0 Å². The molecule has 2 aromatic heterocycles. The van der Waals surface area contributed by atoms with Crippen LogP contribution in [0.1, 0.15) is 42.1 Å². The molecule has 0 bridgehead atoms. The first-order chi connectivity index (χ1) is 13.2. The Balaban J connectivity index is 1.52. The fourth-order valence-corrected chi connectivity index (χ4v) is 3.68. The molecule has 0 aromatic carbocycles. The number of amides is 2. The van der Waals surface area contributed by atoms with Crippen LogP contribution in [0.5, 0.6) is 0 Å². The molecule has 2 amide bonds. The van der Waals surface area contributed by atoms with E-state index in [9.17, 15) is 9.59 Å². The maximum atomic E-state index is 12.7. The lowest BCUT2D eigenvalue weighted by Gasteiger charge is -2.38. The lowest BCUT2D eigenvalue weighted by atomic mass is 9.81. The van der Waals surface area contributed by atoms with Gasteiger partial charge in [-0.15, -0.1) is 0 Å². The summed E-state index contributed by atoms with van der Waals surface area (Å²) in [5.41, 5.74) is 1.62. The molecule has 2 unspecified atom stereocenters. The van der Waals surface area contributed by atoms with E-state index in [1.165, 1.54) is 0 Å². The van der Waals surface area contributed by atoms with E-state index in [1.54, 1.807) is 36.9 Å². The Labute approximate surface area is 160 Å². The van der Waals surface area contributed by atoms with E-state index >= 15 is 0 Å². The largest absolute Gasteiger partial charge is 0.352 e. The summed E-state index contributed by atoms with van der Waals surface area (Å²) in [4.78, 5) is 35.0. The summed E-state index contributed by atoms with van der Waals surface area (Å²) in [5.74, 6) is 0.737. The number of rotatable bonds is 6. The van der Waals surface area contributed by atoms with Crippen LogP contribution in [0.15, 0.2) is 49.1 Å². The Morgan fingerprint density at radius 3 is 2.59 bits per heavy atom. The highest BCUT2D eigenvalue weighted by molar-refractivity contribution is 5.94. The first kappa shape index (κ1) is 19.0. The van der Waals surface area contributed by atoms with Crippen molar-refractivity contribution in [1.82, 2.24) is 20.2 Å². The molecule has 2 aromatic rings. The van der Waals surface area contributed by atoms with E-state index < -0.39 is 0 Å². The average molecular weight is 366 g/mol. The number of likely N-dealkylation sites (tertiary alicyclic amines) is 1. The zero-order valence-electron chi connectivity index (χ0n) is 15.7. The second kappa shape index (κ2) is 9.26. The summed E-state index contributed by atoms with van der Waals surface area (Å²) >= 11 is 0. The maximum absolute atomic E-state index is 12.7. The van der Waals surface area contributed by atoms with E-state index in [2.05, 4.69) is 22.2 Å². The summed E-state index contributed by atoms with van der Waals surface area (Å²) in [5, 5.41) is 2.98. The van der Waals surface area contributed by atoms with Crippen molar-refractivity contribution in [2.24, 2.45) is 11.8 Å². The first-order valence-corrected chi connectivity index (χ1v) is 9.52. The van der Waals surface area contributed by atoms with E-state index in [1.807, 2.05) is 17.0 Å². The highest BCUT2D eigenvalue weighted by atomic mass is 16.2. The van der Waals surface area contributed by atoms with Crippen LogP contribution < -0.4 is 5.32 Å². The summed E-state index contributed by atoms with van der Waals surface area (Å²) in [6.45, 7) is 4.01. The highest BCUT2D eigenvalue weighted by Crippen LogP contribution is 2.29. The van der Waals surface area contributed by atoms with Crippen molar-refractivity contribution in [3.63, 3.8) is 0 Å². The van der Waals surface area contributed by atoms with Crippen LogP contribution in [-0.4, -0.2) is 39.8 Å². The molecule has 27 heavy (non-hydrogen) atoms. The van der Waals surface area contributed by atoms with Crippen molar-refractivity contribution in [1.29, 1.82) is 0 Å². The first-order valence-electron chi connectivity index (χ1n) is 9.52. The van der Waals surface area contributed by atoms with Gasteiger partial charge in [0.05, 0.1) is 5.56 Å². The molecule has 0 spiro atoms. The lowest BCUT2D eigenvalue weighted by Crippen LogP contribution is -2.44. The molecule has 0 saturated carbocycles. The number of carbonyl (C=O) groups is 2. The van der Waals surface area contributed by atoms with E-state index in [4.69, 9.17) is 0 Å². The number of carbonyl (C=O) groups excluding carboxylic acids is 2. The van der Waals surface area contributed by atoms with Gasteiger partial charge in [0.25, 0.3) is 5.91 Å². The third-order valence-corrected chi connectivity index (χ3v) is 5.27. The van der Waals surface area contributed by atoms with Gasteiger partial charge in [-0.1, -0.05) is 19.4 Å². The zero-order chi connectivity index (χ0) is 19.1. The van der Waals surface area contributed by atoms with Gasteiger partial charge in [-0.05, 0) is 42.0 Å². The van der Waals surface area contributed by atoms with Crippen LogP contribution >= 0.6 is 0 Å². The molecule has 1 fully saturated rings. The van der Waals surface area contributed by atoms with Gasteiger partial charge >= 0.3 is 0 Å².